The van der Waals surface area contributed by atoms with Crippen LogP contribution in [0.2, 0.25) is 0 Å². The lowest BCUT2D eigenvalue weighted by Gasteiger charge is -2.23. The van der Waals surface area contributed by atoms with Crippen molar-refractivity contribution < 1.29 is 8.78 Å². The van der Waals surface area contributed by atoms with Gasteiger partial charge in [-0.2, -0.15) is 8.78 Å². The molecular formula is C15H19F2N. The zero-order chi connectivity index (χ0) is 12.8. The molecule has 0 amide bonds. The van der Waals surface area contributed by atoms with Gasteiger partial charge in [-0.15, -0.1) is 0 Å². The molecule has 0 atom stereocenters. The molecule has 0 unspecified atom stereocenters. The van der Waals surface area contributed by atoms with E-state index in [-0.39, 0.29) is 12.1 Å². The lowest BCUT2D eigenvalue weighted by atomic mass is 9.95. The summed E-state index contributed by atoms with van der Waals surface area (Å²) >= 11 is 0. The minimum Gasteiger partial charge on any atom is -0.310 e. The van der Waals surface area contributed by atoms with Crippen molar-refractivity contribution in [2.24, 2.45) is 0 Å². The summed E-state index contributed by atoms with van der Waals surface area (Å²) in [4.78, 5) is 0. The second kappa shape index (κ2) is 6.64. The average molecular weight is 251 g/mol. The largest absolute Gasteiger partial charge is 0.310 e. The van der Waals surface area contributed by atoms with Gasteiger partial charge in [0.05, 0.1) is 0 Å². The highest BCUT2D eigenvalue weighted by molar-refractivity contribution is 5.67. The lowest BCUT2D eigenvalue weighted by molar-refractivity contribution is 0.381. The van der Waals surface area contributed by atoms with E-state index in [4.69, 9.17) is 0 Å². The fraction of sp³-hybridized carbons (Fsp3) is 0.467. The first-order valence-corrected chi connectivity index (χ1v) is 6.60. The monoisotopic (exact) mass is 251 g/mol. The van der Waals surface area contributed by atoms with Crippen LogP contribution < -0.4 is 5.32 Å². The third-order valence-electron chi connectivity index (χ3n) is 3.52. The molecule has 0 aliphatic heterocycles. The molecule has 0 spiro atoms. The number of rotatable bonds is 4. The van der Waals surface area contributed by atoms with E-state index in [0.29, 0.717) is 11.6 Å². The zero-order valence-electron chi connectivity index (χ0n) is 10.5. The summed E-state index contributed by atoms with van der Waals surface area (Å²) in [5, 5.41) is 3.26. The van der Waals surface area contributed by atoms with Crippen LogP contribution in [0.1, 0.15) is 37.7 Å². The van der Waals surface area contributed by atoms with Crippen LogP contribution >= 0.6 is 0 Å². The van der Waals surface area contributed by atoms with Gasteiger partial charge in [0.2, 0.25) is 0 Å². The van der Waals surface area contributed by atoms with Gasteiger partial charge in [-0.05, 0) is 18.4 Å². The summed E-state index contributed by atoms with van der Waals surface area (Å²) in [7, 11) is 0. The smallest absolute Gasteiger partial charge is 0.275 e. The number of nitrogens with one attached hydrogen (secondary N) is 1. The Bertz CT molecular complexity index is 390. The van der Waals surface area contributed by atoms with Gasteiger partial charge in [-0.1, -0.05) is 49.6 Å². The van der Waals surface area contributed by atoms with Gasteiger partial charge in [0.1, 0.15) is 0 Å². The van der Waals surface area contributed by atoms with Crippen molar-refractivity contribution in [1.29, 1.82) is 0 Å². The van der Waals surface area contributed by atoms with E-state index < -0.39 is 6.08 Å². The van der Waals surface area contributed by atoms with Gasteiger partial charge in [-0.25, -0.2) is 0 Å². The van der Waals surface area contributed by atoms with Gasteiger partial charge in [0.15, 0.2) is 0 Å². The van der Waals surface area contributed by atoms with E-state index in [1.807, 2.05) is 6.07 Å². The van der Waals surface area contributed by atoms with Crippen molar-refractivity contribution in [2.45, 2.75) is 38.1 Å². The Balaban J connectivity index is 1.98. The number of benzene rings is 1. The van der Waals surface area contributed by atoms with Crippen molar-refractivity contribution >= 4 is 5.57 Å². The Hall–Kier alpha value is -1.22. The zero-order valence-corrected chi connectivity index (χ0v) is 10.5. The topological polar surface area (TPSA) is 12.0 Å². The molecule has 0 bridgehead atoms. The molecule has 0 aromatic heterocycles. The first kappa shape index (κ1) is 13.2. The highest BCUT2D eigenvalue weighted by Gasteiger charge is 2.15. The van der Waals surface area contributed by atoms with Crippen LogP contribution in [0.3, 0.4) is 0 Å². The van der Waals surface area contributed by atoms with Crippen molar-refractivity contribution in [3.05, 3.63) is 42.0 Å². The molecule has 3 heteroatoms. The second-order valence-electron chi connectivity index (χ2n) is 4.82. The Morgan fingerprint density at radius 2 is 1.72 bits per heavy atom. The van der Waals surface area contributed by atoms with E-state index >= 15 is 0 Å². The van der Waals surface area contributed by atoms with Crippen molar-refractivity contribution in [3.8, 4) is 0 Å². The standard InChI is InChI=1S/C15H19F2N/c16-15(17)14(12-7-3-1-4-8-12)11-18-13-9-5-2-6-10-13/h1,3-4,7-8,13,18H,2,5-6,9-11H2. The highest BCUT2D eigenvalue weighted by Crippen LogP contribution is 2.22. The predicted octanol–water partition coefficient (Wildman–Crippen LogP) is 4.22. The van der Waals surface area contributed by atoms with Gasteiger partial charge in [0.25, 0.3) is 6.08 Å². The number of halogens is 2. The molecule has 1 aromatic rings. The fourth-order valence-electron chi connectivity index (χ4n) is 2.47. The molecular weight excluding hydrogens is 232 g/mol. The predicted molar refractivity (Wildman–Crippen MR) is 70.5 cm³/mol. The molecule has 0 radical (unpaired) electrons. The maximum Gasteiger partial charge on any atom is 0.275 e. The van der Waals surface area contributed by atoms with Crippen molar-refractivity contribution in [2.75, 3.05) is 6.54 Å². The first-order chi connectivity index (χ1) is 8.77. The Kier molecular flexibility index (Phi) is 4.88. The molecule has 1 nitrogen and oxygen atoms in total. The third-order valence-corrected chi connectivity index (χ3v) is 3.52. The van der Waals surface area contributed by atoms with E-state index in [1.165, 1.54) is 19.3 Å². The second-order valence-corrected chi connectivity index (χ2v) is 4.82. The Morgan fingerprint density at radius 3 is 2.33 bits per heavy atom. The Labute approximate surface area is 107 Å². The minimum absolute atomic E-state index is 0.126. The van der Waals surface area contributed by atoms with Gasteiger partial charge in [-0.3, -0.25) is 0 Å². The highest BCUT2D eigenvalue weighted by atomic mass is 19.3. The summed E-state index contributed by atoms with van der Waals surface area (Å²) in [6.45, 7) is 0.261. The summed E-state index contributed by atoms with van der Waals surface area (Å²) in [6, 6.07) is 9.29. The number of hydrogen-bond acceptors (Lipinski definition) is 1. The first-order valence-electron chi connectivity index (χ1n) is 6.60. The van der Waals surface area contributed by atoms with Gasteiger partial charge >= 0.3 is 0 Å². The van der Waals surface area contributed by atoms with Crippen LogP contribution in [-0.2, 0) is 0 Å². The van der Waals surface area contributed by atoms with E-state index in [0.717, 1.165) is 12.8 Å². The molecule has 0 heterocycles. The van der Waals surface area contributed by atoms with Crippen LogP contribution in [0, 0.1) is 0 Å². The van der Waals surface area contributed by atoms with E-state index in [1.54, 1.807) is 24.3 Å². The van der Waals surface area contributed by atoms with Crippen molar-refractivity contribution in [1.82, 2.24) is 5.32 Å². The lowest BCUT2D eigenvalue weighted by Crippen LogP contribution is -2.32. The number of hydrogen-bond donors (Lipinski definition) is 1. The molecule has 1 saturated carbocycles. The fourth-order valence-corrected chi connectivity index (χ4v) is 2.47. The molecule has 1 aromatic carbocycles. The maximum atomic E-state index is 13.0. The van der Waals surface area contributed by atoms with Crippen LogP contribution in [0.4, 0.5) is 8.78 Å². The molecule has 1 N–H and O–H groups in total. The summed E-state index contributed by atoms with van der Waals surface area (Å²) < 4.78 is 26.0. The third kappa shape index (κ3) is 3.64. The SMILES string of the molecule is FC(F)=C(CNC1CCCCC1)c1ccccc1. The molecule has 1 aliphatic carbocycles. The van der Waals surface area contributed by atoms with Crippen LogP contribution in [0.5, 0.6) is 0 Å². The molecule has 2 rings (SSSR count). The van der Waals surface area contributed by atoms with Crippen LogP contribution in [0.15, 0.2) is 36.4 Å². The van der Waals surface area contributed by atoms with E-state index in [2.05, 4.69) is 5.32 Å². The molecule has 18 heavy (non-hydrogen) atoms. The Morgan fingerprint density at radius 1 is 1.06 bits per heavy atom. The molecule has 1 fully saturated rings. The van der Waals surface area contributed by atoms with Gasteiger partial charge < -0.3 is 5.32 Å². The normalized spacial score (nSPS) is 16.6. The molecule has 0 saturated heterocycles. The average Bonchev–Trinajstić information content (AvgIpc) is 2.41. The van der Waals surface area contributed by atoms with Crippen LogP contribution in [-0.4, -0.2) is 12.6 Å². The molecule has 98 valence electrons. The van der Waals surface area contributed by atoms with Gasteiger partial charge in [0, 0.05) is 18.2 Å². The summed E-state index contributed by atoms with van der Waals surface area (Å²) in [5.74, 6) is 0. The van der Waals surface area contributed by atoms with E-state index in [9.17, 15) is 8.78 Å². The summed E-state index contributed by atoms with van der Waals surface area (Å²) in [6.07, 6.45) is 4.33. The maximum absolute atomic E-state index is 13.0. The quantitative estimate of drug-likeness (QED) is 0.845. The van der Waals surface area contributed by atoms with Crippen molar-refractivity contribution in [3.63, 3.8) is 0 Å². The minimum atomic E-state index is -1.58. The van der Waals surface area contributed by atoms with Crippen LogP contribution in [0.25, 0.3) is 5.57 Å². The molecule has 1 aliphatic rings. The summed E-state index contributed by atoms with van der Waals surface area (Å²) in [5.41, 5.74) is 0.738.